The highest BCUT2D eigenvalue weighted by Gasteiger charge is 2.20. The van der Waals surface area contributed by atoms with Crippen molar-refractivity contribution in [2.75, 3.05) is 20.3 Å². The second kappa shape index (κ2) is 4.61. The molecule has 2 N–H and O–H groups in total. The summed E-state index contributed by atoms with van der Waals surface area (Å²) in [6.07, 6.45) is -0.296. The summed E-state index contributed by atoms with van der Waals surface area (Å²) in [6.45, 7) is 1.08. The van der Waals surface area contributed by atoms with Gasteiger partial charge in [-0.3, -0.25) is 0 Å². The second-order valence-corrected chi connectivity index (χ2v) is 3.53. The molecule has 0 aromatic heterocycles. The molecular formula is C11H15NO3. The Labute approximate surface area is 88.9 Å². The molecule has 0 atom stereocenters. The Bertz CT molecular complexity index is 304. The Morgan fingerprint density at radius 3 is 2.33 bits per heavy atom. The Kier molecular flexibility index (Phi) is 3.20. The van der Waals surface area contributed by atoms with Crippen LogP contribution in [0.3, 0.4) is 0 Å². The third kappa shape index (κ3) is 2.47. The zero-order chi connectivity index (χ0) is 10.7. The van der Waals surface area contributed by atoms with Crippen LogP contribution in [-0.4, -0.2) is 26.4 Å². The van der Waals surface area contributed by atoms with Gasteiger partial charge in [-0.25, -0.2) is 0 Å². The van der Waals surface area contributed by atoms with E-state index in [2.05, 4.69) is 0 Å². The smallest absolute Gasteiger partial charge is 0.183 e. The number of ether oxygens (including phenoxy) is 3. The third-order valence-corrected chi connectivity index (χ3v) is 2.31. The van der Waals surface area contributed by atoms with Gasteiger partial charge in [-0.05, 0) is 12.1 Å². The maximum absolute atomic E-state index is 5.65. The van der Waals surface area contributed by atoms with Crippen LogP contribution in [0, 0.1) is 0 Å². The second-order valence-electron chi connectivity index (χ2n) is 3.53. The molecule has 82 valence electrons. The van der Waals surface area contributed by atoms with E-state index in [1.165, 1.54) is 0 Å². The maximum Gasteiger partial charge on any atom is 0.183 e. The van der Waals surface area contributed by atoms with Crippen LogP contribution in [0.25, 0.3) is 0 Å². The van der Waals surface area contributed by atoms with E-state index in [-0.39, 0.29) is 12.3 Å². The van der Waals surface area contributed by atoms with Crippen molar-refractivity contribution >= 4 is 0 Å². The Morgan fingerprint density at radius 2 is 1.80 bits per heavy atom. The van der Waals surface area contributed by atoms with E-state index in [0.29, 0.717) is 13.2 Å². The number of hydrogen-bond acceptors (Lipinski definition) is 4. The fourth-order valence-electron chi connectivity index (χ4n) is 1.47. The molecule has 2 rings (SSSR count). The van der Waals surface area contributed by atoms with Crippen LogP contribution in [0.1, 0.15) is 11.9 Å². The summed E-state index contributed by atoms with van der Waals surface area (Å²) >= 11 is 0. The van der Waals surface area contributed by atoms with Crippen LogP contribution >= 0.6 is 0 Å². The Morgan fingerprint density at radius 1 is 1.20 bits per heavy atom. The largest absolute Gasteiger partial charge is 0.497 e. The highest BCUT2D eigenvalue weighted by molar-refractivity contribution is 5.27. The first-order valence-electron chi connectivity index (χ1n) is 4.92. The quantitative estimate of drug-likeness (QED) is 0.791. The van der Waals surface area contributed by atoms with Crippen LogP contribution < -0.4 is 10.5 Å². The van der Waals surface area contributed by atoms with Crippen molar-refractivity contribution in [3.05, 3.63) is 29.8 Å². The lowest BCUT2D eigenvalue weighted by Crippen LogP contribution is -2.37. The standard InChI is InChI=1S/C11H15NO3/c1-13-10-4-2-8(3-5-10)11-14-6-9(12)7-15-11/h2-5,9,11H,6-7,12H2,1H3. The van der Waals surface area contributed by atoms with Gasteiger partial charge in [0, 0.05) is 5.56 Å². The van der Waals surface area contributed by atoms with Gasteiger partial charge in [-0.2, -0.15) is 0 Å². The molecule has 0 aliphatic carbocycles. The monoisotopic (exact) mass is 209 g/mol. The SMILES string of the molecule is COc1ccc(C2OCC(N)CO2)cc1. The molecule has 0 saturated carbocycles. The van der Waals surface area contributed by atoms with Crippen molar-refractivity contribution in [1.29, 1.82) is 0 Å². The lowest BCUT2D eigenvalue weighted by atomic mass is 10.2. The summed E-state index contributed by atoms with van der Waals surface area (Å²) in [4.78, 5) is 0. The van der Waals surface area contributed by atoms with Gasteiger partial charge in [0.25, 0.3) is 0 Å². The van der Waals surface area contributed by atoms with Crippen LogP contribution in [0.2, 0.25) is 0 Å². The molecule has 0 amide bonds. The zero-order valence-corrected chi connectivity index (χ0v) is 8.68. The molecule has 1 heterocycles. The lowest BCUT2D eigenvalue weighted by Gasteiger charge is -2.27. The summed E-state index contributed by atoms with van der Waals surface area (Å²) in [5.41, 5.74) is 6.64. The summed E-state index contributed by atoms with van der Waals surface area (Å²) in [7, 11) is 1.64. The minimum absolute atomic E-state index is 0.0144. The van der Waals surface area contributed by atoms with E-state index in [4.69, 9.17) is 19.9 Å². The van der Waals surface area contributed by atoms with Crippen molar-refractivity contribution in [3.8, 4) is 5.75 Å². The number of rotatable bonds is 2. The van der Waals surface area contributed by atoms with Crippen molar-refractivity contribution in [1.82, 2.24) is 0 Å². The van der Waals surface area contributed by atoms with Gasteiger partial charge in [-0.15, -0.1) is 0 Å². The summed E-state index contributed by atoms with van der Waals surface area (Å²) < 4.78 is 16.0. The lowest BCUT2D eigenvalue weighted by molar-refractivity contribution is -0.189. The average Bonchev–Trinajstić information content (AvgIpc) is 2.30. The number of nitrogens with two attached hydrogens (primary N) is 1. The number of hydrogen-bond donors (Lipinski definition) is 1. The molecule has 15 heavy (non-hydrogen) atoms. The van der Waals surface area contributed by atoms with Crippen LogP contribution in [-0.2, 0) is 9.47 Å². The van der Waals surface area contributed by atoms with Gasteiger partial charge in [-0.1, -0.05) is 12.1 Å². The summed E-state index contributed by atoms with van der Waals surface area (Å²) in [6, 6.07) is 7.62. The molecule has 1 fully saturated rings. The topological polar surface area (TPSA) is 53.7 Å². The van der Waals surface area contributed by atoms with Crippen molar-refractivity contribution in [2.45, 2.75) is 12.3 Å². The first-order valence-corrected chi connectivity index (χ1v) is 4.92. The van der Waals surface area contributed by atoms with E-state index >= 15 is 0 Å². The average molecular weight is 209 g/mol. The predicted molar refractivity (Wildman–Crippen MR) is 55.6 cm³/mol. The van der Waals surface area contributed by atoms with E-state index in [1.54, 1.807) is 7.11 Å². The summed E-state index contributed by atoms with van der Waals surface area (Å²) in [5, 5.41) is 0. The minimum atomic E-state index is -0.296. The number of benzene rings is 1. The first-order chi connectivity index (χ1) is 7.29. The molecule has 1 aliphatic rings. The Balaban J connectivity index is 2.03. The normalized spacial score (nSPS) is 26.3. The van der Waals surface area contributed by atoms with Crippen LogP contribution in [0.5, 0.6) is 5.75 Å². The van der Waals surface area contributed by atoms with E-state index in [9.17, 15) is 0 Å². The van der Waals surface area contributed by atoms with Gasteiger partial charge in [0.15, 0.2) is 6.29 Å². The van der Waals surface area contributed by atoms with Gasteiger partial charge in [0.2, 0.25) is 0 Å². The van der Waals surface area contributed by atoms with E-state index < -0.39 is 0 Å². The molecule has 4 heteroatoms. The minimum Gasteiger partial charge on any atom is -0.497 e. The third-order valence-electron chi connectivity index (χ3n) is 2.31. The van der Waals surface area contributed by atoms with Gasteiger partial charge >= 0.3 is 0 Å². The molecule has 4 nitrogen and oxygen atoms in total. The predicted octanol–water partition coefficient (Wildman–Crippen LogP) is 1.07. The molecule has 0 spiro atoms. The molecule has 0 unspecified atom stereocenters. The van der Waals surface area contributed by atoms with Gasteiger partial charge < -0.3 is 19.9 Å². The molecule has 0 bridgehead atoms. The van der Waals surface area contributed by atoms with Crippen molar-refractivity contribution < 1.29 is 14.2 Å². The molecule has 0 radical (unpaired) electrons. The summed E-state index contributed by atoms with van der Waals surface area (Å²) in [5.74, 6) is 0.825. The molecule has 1 aromatic carbocycles. The molecular weight excluding hydrogens is 194 g/mol. The van der Waals surface area contributed by atoms with E-state index in [0.717, 1.165) is 11.3 Å². The van der Waals surface area contributed by atoms with Crippen molar-refractivity contribution in [2.24, 2.45) is 5.73 Å². The maximum atomic E-state index is 5.65. The first kappa shape index (κ1) is 10.4. The fourth-order valence-corrected chi connectivity index (χ4v) is 1.47. The van der Waals surface area contributed by atoms with Crippen molar-refractivity contribution in [3.63, 3.8) is 0 Å². The molecule has 1 saturated heterocycles. The zero-order valence-electron chi connectivity index (χ0n) is 8.68. The van der Waals surface area contributed by atoms with Gasteiger partial charge in [0.1, 0.15) is 5.75 Å². The highest BCUT2D eigenvalue weighted by Crippen LogP contribution is 2.24. The van der Waals surface area contributed by atoms with Crippen LogP contribution in [0.15, 0.2) is 24.3 Å². The molecule has 1 aromatic rings. The molecule has 1 aliphatic heterocycles. The Hall–Kier alpha value is -1.10. The van der Waals surface area contributed by atoms with E-state index in [1.807, 2.05) is 24.3 Å². The highest BCUT2D eigenvalue weighted by atomic mass is 16.7. The van der Waals surface area contributed by atoms with Crippen LogP contribution in [0.4, 0.5) is 0 Å². The fraction of sp³-hybridized carbons (Fsp3) is 0.455. The number of methoxy groups -OCH3 is 1. The van der Waals surface area contributed by atoms with Gasteiger partial charge in [0.05, 0.1) is 26.4 Å².